The fraction of sp³-hybridized carbons (Fsp3) is 0.833. The van der Waals surface area contributed by atoms with Gasteiger partial charge in [-0.05, 0) is 20.8 Å². The van der Waals surface area contributed by atoms with Gasteiger partial charge in [-0.25, -0.2) is 0 Å². The Balaban J connectivity index is 2.49. The zero-order valence-electron chi connectivity index (χ0n) is 11.5. The van der Waals surface area contributed by atoms with Crippen molar-refractivity contribution in [3.63, 3.8) is 0 Å². The number of nitrogens with zero attached hydrogens (tertiary/aromatic N) is 1. The lowest BCUT2D eigenvalue weighted by Crippen LogP contribution is -2.32. The molecule has 0 aromatic carbocycles. The molecule has 6 nitrogen and oxygen atoms in total. The number of esters is 1. The van der Waals surface area contributed by atoms with E-state index < -0.39 is 17.8 Å². The number of hydrogen-bond donors (Lipinski definition) is 0. The topological polar surface area (TPSA) is 77.8 Å². The summed E-state index contributed by atoms with van der Waals surface area (Å²) < 4.78 is 21.1. The Hall–Kier alpha value is -0.810. The third kappa shape index (κ3) is 4.99. The summed E-state index contributed by atoms with van der Waals surface area (Å²) in [5, 5.41) is 10.3. The van der Waals surface area contributed by atoms with Crippen molar-refractivity contribution in [2.24, 2.45) is 5.41 Å². The number of ether oxygens (including phenoxy) is 3. The number of carbonyl (C=O) groups excluding carboxylic acids is 1. The van der Waals surface area contributed by atoms with Gasteiger partial charge in [0.2, 0.25) is 0 Å². The van der Waals surface area contributed by atoms with Crippen molar-refractivity contribution in [3.05, 3.63) is 0 Å². The average Bonchev–Trinajstić information content (AvgIpc) is 2.74. The summed E-state index contributed by atoms with van der Waals surface area (Å²) in [4.78, 5) is 11.7. The van der Waals surface area contributed by atoms with Crippen LogP contribution in [0.5, 0.6) is 0 Å². The van der Waals surface area contributed by atoms with Crippen molar-refractivity contribution in [2.45, 2.75) is 45.7 Å². The minimum atomic E-state index is -0.559. The smallest absolute Gasteiger partial charge is 0.311 e. The van der Waals surface area contributed by atoms with Gasteiger partial charge in [0, 0.05) is 13.5 Å². The van der Waals surface area contributed by atoms with Crippen LogP contribution in [0.25, 0.3) is 0 Å². The van der Waals surface area contributed by atoms with E-state index in [9.17, 15) is 4.79 Å². The lowest BCUT2D eigenvalue weighted by molar-refractivity contribution is -0.165. The summed E-state index contributed by atoms with van der Waals surface area (Å²) in [6.07, 6.45) is -0.648. The Morgan fingerprint density at radius 2 is 2.21 bits per heavy atom. The van der Waals surface area contributed by atoms with Gasteiger partial charge in [-0.2, -0.15) is 5.26 Å². The highest BCUT2D eigenvalue weighted by Gasteiger charge is 2.38. The summed E-state index contributed by atoms with van der Waals surface area (Å²) in [6.45, 7) is 5.43. The highest BCUT2D eigenvalue weighted by molar-refractivity contribution is 7.99. The minimum absolute atomic E-state index is 0.0899. The van der Waals surface area contributed by atoms with Crippen LogP contribution in [0.3, 0.4) is 0 Å². The molecule has 1 aliphatic rings. The lowest BCUT2D eigenvalue weighted by atomic mass is 9.97. The largest absolute Gasteiger partial charge is 0.462 e. The molecule has 1 fully saturated rings. The predicted octanol–water partition coefficient (Wildman–Crippen LogP) is 1.85. The van der Waals surface area contributed by atoms with Crippen molar-refractivity contribution in [2.75, 3.05) is 13.7 Å². The first-order valence-electron chi connectivity index (χ1n) is 5.95. The summed E-state index contributed by atoms with van der Waals surface area (Å²) in [5.74, 6) is -0.302. The Morgan fingerprint density at radius 3 is 2.74 bits per heavy atom. The van der Waals surface area contributed by atoms with Crippen LogP contribution in [0.2, 0.25) is 0 Å². The molecule has 0 saturated carbocycles. The lowest BCUT2D eigenvalue weighted by Gasteiger charge is -2.20. The van der Waals surface area contributed by atoms with E-state index in [1.165, 1.54) is 7.11 Å². The number of nitriles is 1. The van der Waals surface area contributed by atoms with Crippen molar-refractivity contribution in [3.8, 4) is 5.40 Å². The van der Waals surface area contributed by atoms with Crippen molar-refractivity contribution >= 4 is 18.0 Å². The first-order valence-corrected chi connectivity index (χ1v) is 6.69. The van der Waals surface area contributed by atoms with Gasteiger partial charge in [0.1, 0.15) is 30.9 Å². The molecule has 3 atom stereocenters. The second-order valence-corrected chi connectivity index (χ2v) is 5.77. The SMILES string of the molecule is CO[C@@H]1C[C@H](OSC#N)[C@@H](COC(=O)C(C)(C)C)O1. The molecule has 0 radical (unpaired) electrons. The van der Waals surface area contributed by atoms with Crippen LogP contribution >= 0.6 is 12.0 Å². The van der Waals surface area contributed by atoms with E-state index in [-0.39, 0.29) is 18.7 Å². The fourth-order valence-electron chi connectivity index (χ4n) is 1.54. The Morgan fingerprint density at radius 1 is 1.53 bits per heavy atom. The molecular formula is C12H19NO5S. The molecule has 1 rings (SSSR count). The predicted molar refractivity (Wildman–Crippen MR) is 68.8 cm³/mol. The van der Waals surface area contributed by atoms with Crippen LogP contribution in [0.1, 0.15) is 27.2 Å². The van der Waals surface area contributed by atoms with Gasteiger partial charge in [-0.1, -0.05) is 0 Å². The minimum Gasteiger partial charge on any atom is -0.462 e. The normalized spacial score (nSPS) is 27.0. The summed E-state index contributed by atoms with van der Waals surface area (Å²) in [5.41, 5.74) is -0.559. The number of rotatable bonds is 5. The van der Waals surface area contributed by atoms with Gasteiger partial charge >= 0.3 is 5.97 Å². The Kier molecular flexibility index (Phi) is 6.07. The maximum Gasteiger partial charge on any atom is 0.311 e. The standard InChI is InChI=1S/C12H19NO5S/c1-12(2,3)11(14)16-6-9-8(18-19-7-13)5-10(15-4)17-9/h8-10H,5-6H2,1-4H3/t8-,9+,10-/m0/s1. The molecule has 19 heavy (non-hydrogen) atoms. The van der Waals surface area contributed by atoms with Crippen LogP contribution in [-0.4, -0.2) is 38.2 Å². The quantitative estimate of drug-likeness (QED) is 0.434. The Labute approximate surface area is 117 Å². The molecule has 1 saturated heterocycles. The second-order valence-electron chi connectivity index (χ2n) is 5.23. The molecule has 0 spiro atoms. The third-order valence-corrected chi connectivity index (χ3v) is 3.05. The molecule has 0 aromatic rings. The molecule has 0 aliphatic carbocycles. The average molecular weight is 289 g/mol. The van der Waals surface area contributed by atoms with E-state index in [0.717, 1.165) is 0 Å². The van der Waals surface area contributed by atoms with E-state index in [0.29, 0.717) is 18.5 Å². The van der Waals surface area contributed by atoms with Gasteiger partial charge in [0.05, 0.1) is 5.41 Å². The van der Waals surface area contributed by atoms with E-state index >= 15 is 0 Å². The van der Waals surface area contributed by atoms with Crippen molar-refractivity contribution in [1.29, 1.82) is 5.26 Å². The van der Waals surface area contributed by atoms with E-state index in [1.807, 2.05) is 5.40 Å². The van der Waals surface area contributed by atoms with Gasteiger partial charge in [0.15, 0.2) is 11.7 Å². The summed E-state index contributed by atoms with van der Waals surface area (Å²) in [7, 11) is 1.53. The maximum absolute atomic E-state index is 11.7. The van der Waals surface area contributed by atoms with Crippen molar-refractivity contribution in [1.82, 2.24) is 0 Å². The highest BCUT2D eigenvalue weighted by Crippen LogP contribution is 2.27. The number of carbonyl (C=O) groups is 1. The van der Waals surface area contributed by atoms with Crippen LogP contribution in [0.15, 0.2) is 0 Å². The van der Waals surface area contributed by atoms with Gasteiger partial charge < -0.3 is 14.2 Å². The fourth-order valence-corrected chi connectivity index (χ4v) is 1.91. The van der Waals surface area contributed by atoms with E-state index in [2.05, 4.69) is 0 Å². The summed E-state index contributed by atoms with van der Waals surface area (Å²) in [6, 6.07) is 0. The van der Waals surface area contributed by atoms with Crippen LogP contribution in [0, 0.1) is 16.1 Å². The Bertz CT molecular complexity index is 349. The molecule has 0 bridgehead atoms. The first kappa shape index (κ1) is 16.2. The molecule has 1 aliphatic heterocycles. The molecule has 108 valence electrons. The zero-order chi connectivity index (χ0) is 14.5. The van der Waals surface area contributed by atoms with Crippen molar-refractivity contribution < 1.29 is 23.2 Å². The molecule has 0 N–H and O–H groups in total. The number of hydrogen-bond acceptors (Lipinski definition) is 7. The van der Waals surface area contributed by atoms with E-state index in [1.54, 1.807) is 20.8 Å². The monoisotopic (exact) mass is 289 g/mol. The molecule has 7 heteroatoms. The number of thiocyanates is 1. The third-order valence-electron chi connectivity index (χ3n) is 2.63. The van der Waals surface area contributed by atoms with Crippen LogP contribution in [0.4, 0.5) is 0 Å². The van der Waals surface area contributed by atoms with Crippen LogP contribution in [-0.2, 0) is 23.2 Å². The van der Waals surface area contributed by atoms with Gasteiger partial charge in [-0.15, -0.1) is 0 Å². The molecule has 0 aromatic heterocycles. The maximum atomic E-state index is 11.7. The van der Waals surface area contributed by atoms with Gasteiger partial charge in [-0.3, -0.25) is 8.98 Å². The van der Waals surface area contributed by atoms with Gasteiger partial charge in [0.25, 0.3) is 0 Å². The first-order chi connectivity index (χ1) is 8.88. The highest BCUT2D eigenvalue weighted by atomic mass is 32.2. The molecule has 0 amide bonds. The second kappa shape index (κ2) is 7.10. The molecular weight excluding hydrogens is 270 g/mol. The zero-order valence-corrected chi connectivity index (χ0v) is 12.4. The van der Waals surface area contributed by atoms with E-state index in [4.69, 9.17) is 23.7 Å². The summed E-state index contributed by atoms with van der Waals surface area (Å²) >= 11 is 0.691. The molecule has 0 unspecified atom stereocenters. The molecule has 1 heterocycles. The van der Waals surface area contributed by atoms with Crippen LogP contribution < -0.4 is 0 Å². The number of methoxy groups -OCH3 is 1.